The van der Waals surface area contributed by atoms with E-state index in [4.69, 9.17) is 4.42 Å². The van der Waals surface area contributed by atoms with E-state index in [1.165, 1.54) is 0 Å². The molecule has 0 fully saturated rings. The summed E-state index contributed by atoms with van der Waals surface area (Å²) < 4.78 is 4.98. The lowest BCUT2D eigenvalue weighted by Crippen LogP contribution is -2.16. The van der Waals surface area contributed by atoms with Gasteiger partial charge in [0.05, 0.1) is 5.52 Å². The summed E-state index contributed by atoms with van der Waals surface area (Å²) in [5.74, 6) is -0.649. The molecule has 0 bridgehead atoms. The number of carbonyl (C=O) groups excluding carboxylic acids is 1. The van der Waals surface area contributed by atoms with Gasteiger partial charge in [0.1, 0.15) is 0 Å². The molecule has 5 heteroatoms. The molecular formula is C22H18N2O3. The number of carbonyl (C=O) groups is 1. The molecule has 0 unspecified atom stereocenters. The van der Waals surface area contributed by atoms with Crippen LogP contribution in [0.25, 0.3) is 11.1 Å². The number of H-pyrrole nitrogens is 1. The summed E-state index contributed by atoms with van der Waals surface area (Å²) in [6, 6.07) is 25.1. The summed E-state index contributed by atoms with van der Waals surface area (Å²) >= 11 is 0. The van der Waals surface area contributed by atoms with Crippen LogP contribution in [0.1, 0.15) is 23.5 Å². The SMILES string of the molecule is O=C(CC(c1ccccc1)c1ccccc1)Nc1ccc2oc(=O)[nH]c2c1. The molecule has 0 saturated carbocycles. The number of aromatic nitrogens is 1. The first-order valence-electron chi connectivity index (χ1n) is 8.72. The molecule has 4 aromatic rings. The number of nitrogens with one attached hydrogen (secondary N) is 2. The average molecular weight is 358 g/mol. The molecule has 0 saturated heterocycles. The van der Waals surface area contributed by atoms with Crippen molar-refractivity contribution in [2.24, 2.45) is 0 Å². The Labute approximate surface area is 155 Å². The Bertz CT molecular complexity index is 1070. The largest absolute Gasteiger partial charge is 0.417 e. The molecule has 0 aliphatic carbocycles. The van der Waals surface area contributed by atoms with E-state index < -0.39 is 5.76 Å². The van der Waals surface area contributed by atoms with Crippen LogP contribution in [0.3, 0.4) is 0 Å². The predicted octanol–water partition coefficient (Wildman–Crippen LogP) is 4.28. The minimum absolute atomic E-state index is 0.0372. The maximum atomic E-state index is 12.7. The molecule has 3 aromatic carbocycles. The Morgan fingerprint density at radius 1 is 0.926 bits per heavy atom. The number of aromatic amines is 1. The number of hydrogen-bond acceptors (Lipinski definition) is 3. The Kier molecular flexibility index (Phi) is 4.58. The van der Waals surface area contributed by atoms with Gasteiger partial charge in [-0.1, -0.05) is 60.7 Å². The number of fused-ring (bicyclic) bond motifs is 1. The van der Waals surface area contributed by atoms with Crippen molar-refractivity contribution in [3.05, 3.63) is 101 Å². The summed E-state index contributed by atoms with van der Waals surface area (Å²) in [6.07, 6.45) is 0.313. The molecule has 5 nitrogen and oxygen atoms in total. The van der Waals surface area contributed by atoms with Gasteiger partial charge in [0.15, 0.2) is 5.58 Å². The topological polar surface area (TPSA) is 75.1 Å². The van der Waals surface area contributed by atoms with Crippen molar-refractivity contribution in [1.82, 2.24) is 4.98 Å². The molecule has 0 spiro atoms. The highest BCUT2D eigenvalue weighted by Gasteiger charge is 2.18. The van der Waals surface area contributed by atoms with E-state index in [1.807, 2.05) is 60.7 Å². The van der Waals surface area contributed by atoms with Gasteiger partial charge in [-0.05, 0) is 29.3 Å². The van der Waals surface area contributed by atoms with Gasteiger partial charge >= 0.3 is 5.76 Å². The highest BCUT2D eigenvalue weighted by atomic mass is 16.4. The van der Waals surface area contributed by atoms with Crippen LogP contribution < -0.4 is 11.1 Å². The van der Waals surface area contributed by atoms with Crippen LogP contribution in [0.5, 0.6) is 0 Å². The van der Waals surface area contributed by atoms with Gasteiger partial charge in [0.25, 0.3) is 0 Å². The first kappa shape index (κ1) is 16.8. The number of anilines is 1. The third-order valence-electron chi connectivity index (χ3n) is 4.50. The number of amides is 1. The molecule has 1 amide bonds. The maximum Gasteiger partial charge on any atom is 0.417 e. The predicted molar refractivity (Wildman–Crippen MR) is 105 cm³/mol. The van der Waals surface area contributed by atoms with Gasteiger partial charge in [-0.3, -0.25) is 9.78 Å². The molecule has 27 heavy (non-hydrogen) atoms. The van der Waals surface area contributed by atoms with Gasteiger partial charge in [-0.2, -0.15) is 0 Å². The Morgan fingerprint density at radius 2 is 1.56 bits per heavy atom. The first-order valence-corrected chi connectivity index (χ1v) is 8.72. The van der Waals surface area contributed by atoms with Crippen LogP contribution in [0, 0.1) is 0 Å². The van der Waals surface area contributed by atoms with Crippen molar-refractivity contribution in [1.29, 1.82) is 0 Å². The number of hydrogen-bond donors (Lipinski definition) is 2. The monoisotopic (exact) mass is 358 g/mol. The van der Waals surface area contributed by atoms with Crippen molar-refractivity contribution in [3.63, 3.8) is 0 Å². The van der Waals surface area contributed by atoms with Crippen molar-refractivity contribution < 1.29 is 9.21 Å². The summed E-state index contributed by atoms with van der Waals surface area (Å²) in [7, 11) is 0. The van der Waals surface area contributed by atoms with Gasteiger partial charge in [0.2, 0.25) is 5.91 Å². The quantitative estimate of drug-likeness (QED) is 0.559. The van der Waals surface area contributed by atoms with Crippen LogP contribution in [0.15, 0.2) is 88.1 Å². The van der Waals surface area contributed by atoms with Crippen molar-refractivity contribution in [3.8, 4) is 0 Å². The molecule has 1 heterocycles. The van der Waals surface area contributed by atoms with Gasteiger partial charge < -0.3 is 9.73 Å². The number of oxazole rings is 1. The molecule has 1 aromatic heterocycles. The zero-order valence-electron chi connectivity index (χ0n) is 14.5. The molecule has 2 N–H and O–H groups in total. The van der Waals surface area contributed by atoms with E-state index >= 15 is 0 Å². The van der Waals surface area contributed by atoms with Crippen LogP contribution >= 0.6 is 0 Å². The molecule has 134 valence electrons. The van der Waals surface area contributed by atoms with Gasteiger partial charge in [-0.15, -0.1) is 0 Å². The van der Waals surface area contributed by atoms with E-state index in [1.54, 1.807) is 18.2 Å². The fraction of sp³-hybridized carbons (Fsp3) is 0.0909. The third-order valence-corrected chi connectivity index (χ3v) is 4.50. The molecule has 0 radical (unpaired) electrons. The zero-order valence-corrected chi connectivity index (χ0v) is 14.5. The highest BCUT2D eigenvalue weighted by Crippen LogP contribution is 2.28. The standard InChI is InChI=1S/C22H18N2O3/c25-21(23-17-11-12-20-19(13-17)24-22(26)27-20)14-18(15-7-3-1-4-8-15)16-9-5-2-6-10-16/h1-13,18H,14H2,(H,23,25)(H,24,26). The van der Waals surface area contributed by atoms with E-state index in [0.29, 0.717) is 23.2 Å². The summed E-state index contributed by atoms with van der Waals surface area (Å²) in [5, 5.41) is 2.91. The molecular weight excluding hydrogens is 340 g/mol. The van der Waals surface area contributed by atoms with Crippen molar-refractivity contribution in [2.45, 2.75) is 12.3 Å². The first-order chi connectivity index (χ1) is 13.2. The van der Waals surface area contributed by atoms with Gasteiger partial charge in [0, 0.05) is 18.0 Å². The maximum absolute atomic E-state index is 12.7. The van der Waals surface area contributed by atoms with Crippen molar-refractivity contribution in [2.75, 3.05) is 5.32 Å². The van der Waals surface area contributed by atoms with E-state index in [2.05, 4.69) is 10.3 Å². The second-order valence-electron chi connectivity index (χ2n) is 6.35. The van der Waals surface area contributed by atoms with Crippen LogP contribution in [-0.4, -0.2) is 10.9 Å². The van der Waals surface area contributed by atoms with E-state index in [0.717, 1.165) is 11.1 Å². The second kappa shape index (κ2) is 7.33. The molecule has 4 rings (SSSR count). The lowest BCUT2D eigenvalue weighted by molar-refractivity contribution is -0.116. The fourth-order valence-electron chi connectivity index (χ4n) is 3.23. The van der Waals surface area contributed by atoms with Crippen LogP contribution in [0.2, 0.25) is 0 Å². The summed E-state index contributed by atoms with van der Waals surface area (Å²) in [4.78, 5) is 26.6. The Hall–Kier alpha value is -3.60. The number of rotatable bonds is 5. The Balaban J connectivity index is 1.56. The molecule has 0 atom stereocenters. The van der Waals surface area contributed by atoms with Crippen LogP contribution in [0.4, 0.5) is 5.69 Å². The second-order valence-corrected chi connectivity index (χ2v) is 6.35. The third kappa shape index (κ3) is 3.82. The van der Waals surface area contributed by atoms with Gasteiger partial charge in [-0.25, -0.2) is 4.79 Å². The Morgan fingerprint density at radius 3 is 2.19 bits per heavy atom. The zero-order chi connectivity index (χ0) is 18.6. The smallest absolute Gasteiger partial charge is 0.408 e. The lowest BCUT2D eigenvalue weighted by Gasteiger charge is -2.18. The molecule has 0 aliphatic rings. The lowest BCUT2D eigenvalue weighted by atomic mass is 9.88. The average Bonchev–Trinajstić information content (AvgIpc) is 3.07. The summed E-state index contributed by atoms with van der Waals surface area (Å²) in [5.41, 5.74) is 3.82. The molecule has 0 aliphatic heterocycles. The minimum Gasteiger partial charge on any atom is -0.408 e. The highest BCUT2D eigenvalue weighted by molar-refractivity contribution is 5.93. The normalized spacial score (nSPS) is 11.0. The van der Waals surface area contributed by atoms with E-state index in [9.17, 15) is 9.59 Å². The minimum atomic E-state index is -0.512. The van der Waals surface area contributed by atoms with E-state index in [-0.39, 0.29) is 11.8 Å². The fourth-order valence-corrected chi connectivity index (χ4v) is 3.23. The van der Waals surface area contributed by atoms with Crippen molar-refractivity contribution >= 4 is 22.7 Å². The number of benzene rings is 3. The summed E-state index contributed by atoms with van der Waals surface area (Å²) in [6.45, 7) is 0. The van der Waals surface area contributed by atoms with Crippen LogP contribution in [-0.2, 0) is 4.79 Å².